The van der Waals surface area contributed by atoms with Crippen LogP contribution in [0.1, 0.15) is 48.5 Å². The molecular formula is C20H25N3O. The highest BCUT2D eigenvalue weighted by Gasteiger charge is 2.26. The predicted octanol–water partition coefficient (Wildman–Crippen LogP) is 4.54. The molecule has 1 aromatic heterocycles. The van der Waals surface area contributed by atoms with Gasteiger partial charge in [0.15, 0.2) is 0 Å². The van der Waals surface area contributed by atoms with Gasteiger partial charge in [0.25, 0.3) is 5.91 Å². The van der Waals surface area contributed by atoms with E-state index in [-0.39, 0.29) is 5.91 Å². The minimum Gasteiger partial charge on any atom is -0.354 e. The van der Waals surface area contributed by atoms with Crippen molar-refractivity contribution in [2.24, 2.45) is 0 Å². The van der Waals surface area contributed by atoms with Gasteiger partial charge in [-0.2, -0.15) is 0 Å². The first-order chi connectivity index (χ1) is 11.7. The van der Waals surface area contributed by atoms with Crippen LogP contribution in [0.5, 0.6) is 0 Å². The van der Waals surface area contributed by atoms with Crippen molar-refractivity contribution >= 4 is 17.3 Å². The molecule has 4 heteroatoms. The van der Waals surface area contributed by atoms with E-state index < -0.39 is 0 Å². The molecule has 1 aromatic carbocycles. The maximum absolute atomic E-state index is 12.9. The third kappa shape index (κ3) is 3.75. The number of rotatable bonds is 4. The first-order valence-corrected chi connectivity index (χ1v) is 8.77. The molecule has 0 aliphatic carbocycles. The van der Waals surface area contributed by atoms with Gasteiger partial charge < -0.3 is 10.2 Å². The van der Waals surface area contributed by atoms with E-state index in [9.17, 15) is 4.79 Å². The normalized spacial score (nSPS) is 17.6. The second-order valence-corrected chi connectivity index (χ2v) is 6.51. The van der Waals surface area contributed by atoms with Crippen molar-refractivity contribution in [2.45, 2.75) is 45.6 Å². The lowest BCUT2D eigenvalue weighted by Crippen LogP contribution is -2.43. The number of hydrogen-bond donors (Lipinski definition) is 1. The molecule has 1 saturated heterocycles. The minimum absolute atomic E-state index is 0.0987. The highest BCUT2D eigenvalue weighted by Crippen LogP contribution is 2.23. The van der Waals surface area contributed by atoms with Crippen LogP contribution in [0.4, 0.5) is 11.4 Å². The Balaban J connectivity index is 1.76. The van der Waals surface area contributed by atoms with Gasteiger partial charge in [0, 0.05) is 24.5 Å². The molecule has 2 heterocycles. The van der Waals surface area contributed by atoms with Crippen molar-refractivity contribution in [2.75, 3.05) is 11.9 Å². The zero-order chi connectivity index (χ0) is 16.9. The van der Waals surface area contributed by atoms with Gasteiger partial charge >= 0.3 is 0 Å². The minimum atomic E-state index is 0.0987. The number of nitrogens with one attached hydrogen (secondary N) is 1. The number of carbonyl (C=O) groups excluding carboxylic acids is 1. The van der Waals surface area contributed by atoms with E-state index in [0.717, 1.165) is 37.2 Å². The second-order valence-electron chi connectivity index (χ2n) is 6.51. The number of aryl methyl sites for hydroxylation is 1. The summed E-state index contributed by atoms with van der Waals surface area (Å²) >= 11 is 0. The zero-order valence-corrected chi connectivity index (χ0v) is 14.5. The average Bonchev–Trinajstić information content (AvgIpc) is 2.63. The Kier molecular flexibility index (Phi) is 5.14. The lowest BCUT2D eigenvalue weighted by Gasteiger charge is -2.35. The molecule has 1 atom stereocenters. The Morgan fingerprint density at radius 3 is 2.75 bits per heavy atom. The van der Waals surface area contributed by atoms with Crippen LogP contribution in [0.2, 0.25) is 0 Å². The number of piperidine rings is 1. The lowest BCUT2D eigenvalue weighted by atomic mass is 9.99. The van der Waals surface area contributed by atoms with Crippen LogP contribution in [-0.4, -0.2) is 28.4 Å². The standard InChI is InChI=1S/C20H25N3O/c1-3-19-6-4-5-11-23(19)20(24)16-12-18(14-21-13-16)22-17-9-7-15(2)8-10-17/h7-10,12-14,19,22H,3-6,11H2,1-2H3. The molecule has 24 heavy (non-hydrogen) atoms. The van der Waals surface area contributed by atoms with E-state index in [1.807, 2.05) is 23.1 Å². The van der Waals surface area contributed by atoms with Gasteiger partial charge in [-0.05, 0) is 50.8 Å². The highest BCUT2D eigenvalue weighted by molar-refractivity contribution is 5.95. The molecule has 0 radical (unpaired) electrons. The predicted molar refractivity (Wildman–Crippen MR) is 97.7 cm³/mol. The SMILES string of the molecule is CCC1CCCCN1C(=O)c1cncc(Nc2ccc(C)cc2)c1. The molecular weight excluding hydrogens is 298 g/mol. The van der Waals surface area contributed by atoms with Crippen LogP contribution >= 0.6 is 0 Å². The second kappa shape index (κ2) is 7.47. The largest absolute Gasteiger partial charge is 0.354 e. The number of nitrogens with zero attached hydrogens (tertiary/aromatic N) is 2. The van der Waals surface area contributed by atoms with E-state index in [4.69, 9.17) is 0 Å². The van der Waals surface area contributed by atoms with Gasteiger partial charge in [0.2, 0.25) is 0 Å². The average molecular weight is 323 g/mol. The molecule has 126 valence electrons. The van der Waals surface area contributed by atoms with Gasteiger partial charge in [0.1, 0.15) is 0 Å². The maximum Gasteiger partial charge on any atom is 0.255 e. The fourth-order valence-electron chi connectivity index (χ4n) is 3.29. The fourth-order valence-corrected chi connectivity index (χ4v) is 3.29. The summed E-state index contributed by atoms with van der Waals surface area (Å²) in [5, 5.41) is 3.32. The lowest BCUT2D eigenvalue weighted by molar-refractivity contribution is 0.0607. The van der Waals surface area contributed by atoms with Crippen LogP contribution < -0.4 is 5.32 Å². The van der Waals surface area contributed by atoms with Crippen LogP contribution in [0.3, 0.4) is 0 Å². The molecule has 1 fully saturated rings. The molecule has 2 aromatic rings. The Bertz CT molecular complexity index is 696. The summed E-state index contributed by atoms with van der Waals surface area (Å²) in [7, 11) is 0. The van der Waals surface area contributed by atoms with Crippen molar-refractivity contribution in [3.05, 3.63) is 53.9 Å². The molecule has 1 amide bonds. The molecule has 1 N–H and O–H groups in total. The van der Waals surface area contributed by atoms with E-state index in [1.54, 1.807) is 12.4 Å². The van der Waals surface area contributed by atoms with E-state index >= 15 is 0 Å². The molecule has 0 bridgehead atoms. The number of likely N-dealkylation sites (tertiary alicyclic amines) is 1. The summed E-state index contributed by atoms with van der Waals surface area (Å²) in [6, 6.07) is 10.4. The first kappa shape index (κ1) is 16.5. The van der Waals surface area contributed by atoms with Crippen LogP contribution in [0.15, 0.2) is 42.7 Å². The number of aromatic nitrogens is 1. The van der Waals surface area contributed by atoms with Gasteiger partial charge in [-0.25, -0.2) is 0 Å². The number of hydrogen-bond acceptors (Lipinski definition) is 3. The smallest absolute Gasteiger partial charge is 0.255 e. The van der Waals surface area contributed by atoms with E-state index in [1.165, 1.54) is 12.0 Å². The monoisotopic (exact) mass is 323 g/mol. The van der Waals surface area contributed by atoms with E-state index in [0.29, 0.717) is 11.6 Å². The number of pyridine rings is 1. The van der Waals surface area contributed by atoms with Crippen molar-refractivity contribution in [1.29, 1.82) is 0 Å². The Morgan fingerprint density at radius 1 is 1.21 bits per heavy atom. The van der Waals surface area contributed by atoms with Gasteiger partial charge in [-0.3, -0.25) is 9.78 Å². The number of anilines is 2. The zero-order valence-electron chi connectivity index (χ0n) is 14.5. The third-order valence-electron chi connectivity index (χ3n) is 4.68. The molecule has 0 spiro atoms. The molecule has 1 aliphatic heterocycles. The van der Waals surface area contributed by atoms with Crippen LogP contribution in [0, 0.1) is 6.92 Å². The van der Waals surface area contributed by atoms with Crippen LogP contribution in [-0.2, 0) is 0 Å². The number of benzene rings is 1. The Hall–Kier alpha value is -2.36. The van der Waals surface area contributed by atoms with Crippen molar-refractivity contribution in [3.63, 3.8) is 0 Å². The summed E-state index contributed by atoms with van der Waals surface area (Å²) < 4.78 is 0. The molecule has 0 saturated carbocycles. The molecule has 3 rings (SSSR count). The quantitative estimate of drug-likeness (QED) is 0.898. The summed E-state index contributed by atoms with van der Waals surface area (Å²) in [4.78, 5) is 19.2. The van der Waals surface area contributed by atoms with Gasteiger partial charge in [-0.15, -0.1) is 0 Å². The summed E-state index contributed by atoms with van der Waals surface area (Å²) in [5.41, 5.74) is 3.72. The molecule has 1 unspecified atom stereocenters. The third-order valence-corrected chi connectivity index (χ3v) is 4.68. The summed E-state index contributed by atoms with van der Waals surface area (Å²) in [6.45, 7) is 5.07. The van der Waals surface area contributed by atoms with Crippen LogP contribution in [0.25, 0.3) is 0 Å². The van der Waals surface area contributed by atoms with E-state index in [2.05, 4.69) is 36.3 Å². The highest BCUT2D eigenvalue weighted by atomic mass is 16.2. The first-order valence-electron chi connectivity index (χ1n) is 8.77. The molecule has 4 nitrogen and oxygen atoms in total. The summed E-state index contributed by atoms with van der Waals surface area (Å²) in [5.74, 6) is 0.0987. The van der Waals surface area contributed by atoms with Crippen molar-refractivity contribution < 1.29 is 4.79 Å². The maximum atomic E-state index is 12.9. The number of carbonyl (C=O) groups is 1. The van der Waals surface area contributed by atoms with Gasteiger partial charge in [-0.1, -0.05) is 24.6 Å². The topological polar surface area (TPSA) is 45.2 Å². The van der Waals surface area contributed by atoms with Crippen molar-refractivity contribution in [3.8, 4) is 0 Å². The van der Waals surface area contributed by atoms with Crippen molar-refractivity contribution in [1.82, 2.24) is 9.88 Å². The Morgan fingerprint density at radius 2 is 2.00 bits per heavy atom. The van der Waals surface area contributed by atoms with Gasteiger partial charge in [0.05, 0.1) is 17.4 Å². The molecule has 1 aliphatic rings. The number of amides is 1. The fraction of sp³-hybridized carbons (Fsp3) is 0.400. The Labute approximate surface area is 143 Å². The summed E-state index contributed by atoms with van der Waals surface area (Å²) in [6.07, 6.45) is 7.86.